The van der Waals surface area contributed by atoms with Crippen LogP contribution in [0.3, 0.4) is 0 Å². The Hall–Kier alpha value is -0.880. The summed E-state index contributed by atoms with van der Waals surface area (Å²) >= 11 is 0. The minimum Gasteiger partial charge on any atom is -0.338 e. The summed E-state index contributed by atoms with van der Waals surface area (Å²) in [5.74, 6) is -0.00981. The molecule has 5 nitrogen and oxygen atoms in total. The van der Waals surface area contributed by atoms with Crippen LogP contribution in [0.4, 0.5) is 0 Å². The average molecular weight is 300 g/mol. The summed E-state index contributed by atoms with van der Waals surface area (Å²) < 4.78 is 26.0. The van der Waals surface area contributed by atoms with Crippen molar-refractivity contribution in [2.45, 2.75) is 57.0 Å². The Morgan fingerprint density at radius 2 is 1.90 bits per heavy atom. The standard InChI is InChI=1S/C14H24N2O3S/c1-2-9-20(18,19)15-12-10-14(17)16(11-12)13-7-5-3-4-6-8-13/h2,12-13,15H,1,3-11H2. The zero-order valence-electron chi connectivity index (χ0n) is 11.9. The van der Waals surface area contributed by atoms with Gasteiger partial charge in [0, 0.05) is 25.0 Å². The van der Waals surface area contributed by atoms with Crippen molar-refractivity contribution in [1.82, 2.24) is 9.62 Å². The summed E-state index contributed by atoms with van der Waals surface area (Å²) in [5, 5.41) is 0. The molecular formula is C14H24N2O3S. The molecule has 0 spiro atoms. The van der Waals surface area contributed by atoms with E-state index in [-0.39, 0.29) is 24.1 Å². The third-order valence-corrected chi connectivity index (χ3v) is 5.47. The van der Waals surface area contributed by atoms with Crippen molar-refractivity contribution in [2.75, 3.05) is 12.3 Å². The van der Waals surface area contributed by atoms with Crippen molar-refractivity contribution < 1.29 is 13.2 Å². The van der Waals surface area contributed by atoms with Gasteiger partial charge in [-0.15, -0.1) is 6.58 Å². The fourth-order valence-electron chi connectivity index (χ4n) is 3.19. The maximum atomic E-state index is 12.1. The van der Waals surface area contributed by atoms with Gasteiger partial charge in [-0.25, -0.2) is 13.1 Å². The number of amides is 1. The molecule has 1 atom stereocenters. The van der Waals surface area contributed by atoms with E-state index in [9.17, 15) is 13.2 Å². The van der Waals surface area contributed by atoms with Gasteiger partial charge in [0.2, 0.25) is 15.9 Å². The largest absolute Gasteiger partial charge is 0.338 e. The lowest BCUT2D eigenvalue weighted by Gasteiger charge is -2.27. The maximum absolute atomic E-state index is 12.1. The third kappa shape index (κ3) is 4.06. The van der Waals surface area contributed by atoms with Gasteiger partial charge in [0.05, 0.1) is 5.75 Å². The Morgan fingerprint density at radius 3 is 2.50 bits per heavy atom. The molecule has 1 heterocycles. The van der Waals surface area contributed by atoms with E-state index in [1.807, 2.05) is 4.90 Å². The quantitative estimate of drug-likeness (QED) is 0.617. The normalized spacial score (nSPS) is 25.7. The van der Waals surface area contributed by atoms with Crippen LogP contribution < -0.4 is 4.72 Å². The lowest BCUT2D eigenvalue weighted by atomic mass is 10.1. The van der Waals surface area contributed by atoms with Crippen molar-refractivity contribution >= 4 is 15.9 Å². The second-order valence-electron chi connectivity index (χ2n) is 5.78. The van der Waals surface area contributed by atoms with Crippen LogP contribution in [-0.4, -0.2) is 43.6 Å². The SMILES string of the molecule is C=CCS(=O)(=O)NC1CC(=O)N(C2CCCCCC2)C1. The number of carbonyl (C=O) groups is 1. The fourth-order valence-corrected chi connectivity index (χ4v) is 4.26. The molecule has 1 saturated heterocycles. The topological polar surface area (TPSA) is 66.5 Å². The molecule has 0 aromatic carbocycles. The van der Waals surface area contributed by atoms with Crippen LogP contribution in [0.5, 0.6) is 0 Å². The van der Waals surface area contributed by atoms with E-state index in [4.69, 9.17) is 0 Å². The first-order valence-corrected chi connectivity index (χ1v) is 9.07. The summed E-state index contributed by atoms with van der Waals surface area (Å²) in [6, 6.07) is 0.0228. The molecule has 1 amide bonds. The van der Waals surface area contributed by atoms with Gasteiger partial charge >= 0.3 is 0 Å². The lowest BCUT2D eigenvalue weighted by molar-refractivity contribution is -0.129. The van der Waals surface area contributed by atoms with Gasteiger partial charge in [0.1, 0.15) is 0 Å². The van der Waals surface area contributed by atoms with E-state index in [1.165, 1.54) is 31.8 Å². The number of carbonyl (C=O) groups excluding carboxylic acids is 1. The molecule has 1 unspecified atom stereocenters. The first-order chi connectivity index (χ1) is 9.52. The number of hydrogen-bond donors (Lipinski definition) is 1. The Bertz CT molecular complexity index is 453. The molecule has 1 aliphatic carbocycles. The fraction of sp³-hybridized carbons (Fsp3) is 0.786. The van der Waals surface area contributed by atoms with E-state index in [1.54, 1.807) is 0 Å². The molecule has 1 saturated carbocycles. The van der Waals surface area contributed by atoms with Crippen molar-refractivity contribution in [3.8, 4) is 0 Å². The van der Waals surface area contributed by atoms with Gasteiger partial charge in [-0.1, -0.05) is 31.8 Å². The van der Waals surface area contributed by atoms with Gasteiger partial charge in [-0.05, 0) is 12.8 Å². The maximum Gasteiger partial charge on any atom is 0.224 e. The Labute approximate surface area is 121 Å². The Balaban J connectivity index is 1.94. The highest BCUT2D eigenvalue weighted by molar-refractivity contribution is 7.89. The smallest absolute Gasteiger partial charge is 0.224 e. The summed E-state index contributed by atoms with van der Waals surface area (Å²) in [6.07, 6.45) is 8.58. The summed E-state index contributed by atoms with van der Waals surface area (Å²) in [4.78, 5) is 14.0. The molecule has 1 aliphatic heterocycles. The molecule has 2 fully saturated rings. The second kappa shape index (κ2) is 6.72. The molecule has 1 N–H and O–H groups in total. The van der Waals surface area contributed by atoms with Gasteiger partial charge in [-0.2, -0.15) is 0 Å². The highest BCUT2D eigenvalue weighted by atomic mass is 32.2. The first-order valence-electron chi connectivity index (χ1n) is 7.42. The molecule has 2 aliphatic rings. The number of rotatable bonds is 5. The molecular weight excluding hydrogens is 276 g/mol. The number of likely N-dealkylation sites (tertiary alicyclic amines) is 1. The van der Waals surface area contributed by atoms with Crippen LogP contribution in [0, 0.1) is 0 Å². The van der Waals surface area contributed by atoms with Crippen molar-refractivity contribution in [3.05, 3.63) is 12.7 Å². The lowest BCUT2D eigenvalue weighted by Crippen LogP contribution is -2.41. The summed E-state index contributed by atoms with van der Waals surface area (Å²) in [7, 11) is -3.35. The van der Waals surface area contributed by atoms with E-state index < -0.39 is 10.0 Å². The number of sulfonamides is 1. The zero-order chi connectivity index (χ0) is 14.6. The van der Waals surface area contributed by atoms with Crippen LogP contribution in [0.1, 0.15) is 44.9 Å². The minimum absolute atomic E-state index is 0.0863. The van der Waals surface area contributed by atoms with Crippen LogP contribution in [0.25, 0.3) is 0 Å². The van der Waals surface area contributed by atoms with Gasteiger partial charge in [0.15, 0.2) is 0 Å². The highest BCUT2D eigenvalue weighted by Crippen LogP contribution is 2.26. The molecule has 0 bridgehead atoms. The van der Waals surface area contributed by atoms with Gasteiger partial charge in [0.25, 0.3) is 0 Å². The van der Waals surface area contributed by atoms with E-state index in [2.05, 4.69) is 11.3 Å². The van der Waals surface area contributed by atoms with E-state index >= 15 is 0 Å². The average Bonchev–Trinajstić information content (AvgIpc) is 2.59. The van der Waals surface area contributed by atoms with Crippen LogP contribution in [0.15, 0.2) is 12.7 Å². The summed E-state index contributed by atoms with van der Waals surface area (Å²) in [6.45, 7) is 3.95. The third-order valence-electron chi connectivity index (χ3n) is 4.11. The predicted octanol–water partition coefficient (Wildman–Crippen LogP) is 1.42. The molecule has 0 aromatic rings. The van der Waals surface area contributed by atoms with Crippen LogP contribution >= 0.6 is 0 Å². The molecule has 20 heavy (non-hydrogen) atoms. The number of hydrogen-bond acceptors (Lipinski definition) is 3. The van der Waals surface area contributed by atoms with Crippen molar-refractivity contribution in [2.24, 2.45) is 0 Å². The van der Waals surface area contributed by atoms with Gasteiger partial charge < -0.3 is 4.90 Å². The molecule has 2 rings (SSSR count). The molecule has 0 radical (unpaired) electrons. The first kappa shape index (κ1) is 15.5. The van der Waals surface area contributed by atoms with Crippen LogP contribution in [0.2, 0.25) is 0 Å². The zero-order valence-corrected chi connectivity index (χ0v) is 12.7. The van der Waals surface area contributed by atoms with E-state index in [0.717, 1.165) is 12.8 Å². The number of nitrogens with one attached hydrogen (secondary N) is 1. The second-order valence-corrected chi connectivity index (χ2v) is 7.58. The molecule has 114 valence electrons. The van der Waals surface area contributed by atoms with Gasteiger partial charge in [-0.3, -0.25) is 4.79 Å². The minimum atomic E-state index is -3.35. The monoisotopic (exact) mass is 300 g/mol. The molecule has 0 aromatic heterocycles. The van der Waals surface area contributed by atoms with Crippen molar-refractivity contribution in [1.29, 1.82) is 0 Å². The van der Waals surface area contributed by atoms with Crippen LogP contribution in [-0.2, 0) is 14.8 Å². The Kier molecular flexibility index (Phi) is 5.21. The number of nitrogens with zero attached hydrogens (tertiary/aromatic N) is 1. The Morgan fingerprint density at radius 1 is 1.25 bits per heavy atom. The van der Waals surface area contributed by atoms with Crippen molar-refractivity contribution in [3.63, 3.8) is 0 Å². The van der Waals surface area contributed by atoms with E-state index in [0.29, 0.717) is 12.6 Å². The highest BCUT2D eigenvalue weighted by Gasteiger charge is 2.35. The molecule has 6 heteroatoms. The summed E-state index contributed by atoms with van der Waals surface area (Å²) in [5.41, 5.74) is 0. The predicted molar refractivity (Wildman–Crippen MR) is 78.7 cm³/mol.